The molecule has 0 unspecified atom stereocenters. The van der Waals surface area contributed by atoms with Crippen LogP contribution in [0.15, 0.2) is 150 Å². The van der Waals surface area contributed by atoms with E-state index in [1.54, 1.807) is 11.1 Å². The number of rotatable bonds is 4. The maximum absolute atomic E-state index is 6.77. The van der Waals surface area contributed by atoms with E-state index in [0.717, 1.165) is 50.5 Å². The molecule has 5 aliphatic rings. The molecule has 9 aromatic rings. The van der Waals surface area contributed by atoms with E-state index in [4.69, 9.17) is 19.4 Å². The van der Waals surface area contributed by atoms with E-state index in [9.17, 15) is 0 Å². The van der Waals surface area contributed by atoms with Crippen LogP contribution < -0.4 is 0 Å². The quantitative estimate of drug-likeness (QED) is 0.178. The summed E-state index contributed by atoms with van der Waals surface area (Å²) in [7, 11) is 0. The zero-order valence-corrected chi connectivity index (χ0v) is 35.0. The lowest BCUT2D eigenvalue weighted by Crippen LogP contribution is -2.55. The molecule has 2 aromatic heterocycles. The molecule has 4 heteroatoms. The van der Waals surface area contributed by atoms with E-state index in [0.29, 0.717) is 29.3 Å². The predicted molar refractivity (Wildman–Crippen MR) is 248 cm³/mol. The summed E-state index contributed by atoms with van der Waals surface area (Å²) in [6.07, 6.45) is 6.94. The van der Waals surface area contributed by atoms with Gasteiger partial charge in [-0.1, -0.05) is 130 Å². The second kappa shape index (κ2) is 12.8. The third kappa shape index (κ3) is 5.27. The van der Waals surface area contributed by atoms with Crippen molar-refractivity contribution in [3.05, 3.63) is 162 Å². The van der Waals surface area contributed by atoms with Crippen LogP contribution in [0.4, 0.5) is 0 Å². The van der Waals surface area contributed by atoms with Gasteiger partial charge in [-0.3, -0.25) is 0 Å². The van der Waals surface area contributed by atoms with Crippen LogP contribution in [0.3, 0.4) is 0 Å². The molecule has 1 spiro atoms. The first-order valence-corrected chi connectivity index (χ1v) is 22.3. The highest BCUT2D eigenvalue weighted by atomic mass is 16.3. The van der Waals surface area contributed by atoms with Crippen molar-refractivity contribution in [2.24, 2.45) is 23.7 Å². The average molecular weight is 790 g/mol. The smallest absolute Gasteiger partial charge is 0.164 e. The van der Waals surface area contributed by atoms with Crippen molar-refractivity contribution in [2.75, 3.05) is 0 Å². The molecule has 0 amide bonds. The molecule has 0 atom stereocenters. The summed E-state index contributed by atoms with van der Waals surface area (Å²) in [5.41, 5.74) is 14.5. The molecule has 0 aliphatic heterocycles. The molecular formula is C57H47N3O. The van der Waals surface area contributed by atoms with Gasteiger partial charge in [0.25, 0.3) is 0 Å². The van der Waals surface area contributed by atoms with Crippen LogP contribution in [0.5, 0.6) is 0 Å². The fourth-order valence-corrected chi connectivity index (χ4v) is 12.7. The fourth-order valence-electron chi connectivity index (χ4n) is 12.7. The number of hydrogen-bond acceptors (Lipinski definition) is 4. The van der Waals surface area contributed by atoms with Crippen molar-refractivity contribution in [3.63, 3.8) is 0 Å². The first-order valence-electron chi connectivity index (χ1n) is 22.3. The Morgan fingerprint density at radius 3 is 1.77 bits per heavy atom. The lowest BCUT2D eigenvalue weighted by Gasteiger charge is -2.61. The van der Waals surface area contributed by atoms with Crippen molar-refractivity contribution in [1.82, 2.24) is 15.0 Å². The molecule has 4 saturated carbocycles. The van der Waals surface area contributed by atoms with Crippen LogP contribution in [0.1, 0.15) is 69.6 Å². The molecule has 0 N–H and O–H groups in total. The molecule has 296 valence electrons. The van der Waals surface area contributed by atoms with E-state index in [1.807, 2.05) is 18.2 Å². The molecule has 61 heavy (non-hydrogen) atoms. The Balaban J connectivity index is 0.915. The summed E-state index contributed by atoms with van der Waals surface area (Å²) >= 11 is 0. The standard InChI is InChI=1S/C57H47N3O/c1-56(2,3)41-14-9-13-39(29-41)54-58-53(36-11-5-4-6-12-36)59-55(60-54)40-19-22-47-46-21-18-38(31-50(46)61-51(47)32-40)37-17-20-45-48-23-16-35-10-7-8-15-44(35)52(48)57(49(45)30-37)42-25-33-24-34(27-42)28-43(57)26-33/h4-23,29-34,42-43H,24-28H2,1-3H3. The van der Waals surface area contributed by atoms with E-state index in [1.165, 1.54) is 70.7 Å². The Labute approximate surface area is 356 Å². The molecule has 2 heterocycles. The summed E-state index contributed by atoms with van der Waals surface area (Å²) in [6, 6.07) is 53.3. The van der Waals surface area contributed by atoms with Gasteiger partial charge in [0.2, 0.25) is 0 Å². The highest BCUT2D eigenvalue weighted by molar-refractivity contribution is 6.07. The lowest BCUT2D eigenvalue weighted by molar-refractivity contribution is -0.0393. The fraction of sp³-hybridized carbons (Fsp3) is 0.246. The Hall–Kier alpha value is -6.39. The van der Waals surface area contributed by atoms with Crippen molar-refractivity contribution in [1.29, 1.82) is 0 Å². The van der Waals surface area contributed by atoms with E-state index < -0.39 is 0 Å². The van der Waals surface area contributed by atoms with Gasteiger partial charge in [0.15, 0.2) is 17.5 Å². The number of nitrogens with zero attached hydrogens (tertiary/aromatic N) is 3. The van der Waals surface area contributed by atoms with Gasteiger partial charge in [0, 0.05) is 32.9 Å². The van der Waals surface area contributed by atoms with E-state index in [2.05, 4.69) is 148 Å². The molecule has 7 aromatic carbocycles. The Bertz CT molecular complexity index is 3230. The van der Waals surface area contributed by atoms with Gasteiger partial charge >= 0.3 is 0 Å². The minimum Gasteiger partial charge on any atom is -0.456 e. The van der Waals surface area contributed by atoms with Crippen LogP contribution >= 0.6 is 0 Å². The topological polar surface area (TPSA) is 51.8 Å². The highest BCUT2D eigenvalue weighted by Crippen LogP contribution is 2.70. The van der Waals surface area contributed by atoms with Crippen molar-refractivity contribution in [2.45, 2.75) is 63.7 Å². The predicted octanol–water partition coefficient (Wildman–Crippen LogP) is 14.6. The number of furan rings is 1. The molecule has 5 aliphatic carbocycles. The van der Waals surface area contributed by atoms with Gasteiger partial charge in [-0.05, 0) is 147 Å². The Morgan fingerprint density at radius 1 is 0.475 bits per heavy atom. The molecule has 4 nitrogen and oxygen atoms in total. The first kappa shape index (κ1) is 35.4. The van der Waals surface area contributed by atoms with Gasteiger partial charge in [-0.15, -0.1) is 0 Å². The Morgan fingerprint density at radius 2 is 1.05 bits per heavy atom. The third-order valence-electron chi connectivity index (χ3n) is 15.2. The molecule has 4 fully saturated rings. The Kier molecular flexibility index (Phi) is 7.43. The molecule has 14 rings (SSSR count). The summed E-state index contributed by atoms with van der Waals surface area (Å²) in [4.78, 5) is 15.1. The maximum atomic E-state index is 6.77. The third-order valence-corrected chi connectivity index (χ3v) is 15.2. The number of fused-ring (bicyclic) bond motifs is 8. The van der Waals surface area contributed by atoms with Crippen LogP contribution in [-0.4, -0.2) is 15.0 Å². The number of aromatic nitrogens is 3. The second-order valence-electron chi connectivity index (χ2n) is 19.7. The van der Waals surface area contributed by atoms with Crippen molar-refractivity contribution >= 4 is 32.7 Å². The van der Waals surface area contributed by atoms with Crippen molar-refractivity contribution < 1.29 is 4.42 Å². The SMILES string of the molecule is CC(C)(C)c1cccc(-c2nc(-c3ccccc3)nc(-c3ccc4c(c3)oc3cc(-c5ccc6c(c5)C5(c7c-6ccc6ccccc76)C6CC7CC(C6)CC5C7)ccc34)n2)c1. The van der Waals surface area contributed by atoms with Crippen molar-refractivity contribution in [3.8, 4) is 56.4 Å². The van der Waals surface area contributed by atoms with Gasteiger partial charge < -0.3 is 4.42 Å². The molecule has 4 bridgehead atoms. The van der Waals surface area contributed by atoms with E-state index >= 15 is 0 Å². The van der Waals surface area contributed by atoms with Gasteiger partial charge in [0.1, 0.15) is 11.2 Å². The zero-order valence-electron chi connectivity index (χ0n) is 35.0. The number of hydrogen-bond donors (Lipinski definition) is 0. The minimum absolute atomic E-state index is 0.00104. The van der Waals surface area contributed by atoms with E-state index in [-0.39, 0.29) is 10.8 Å². The van der Waals surface area contributed by atoms with Crippen LogP contribution in [0.2, 0.25) is 0 Å². The van der Waals surface area contributed by atoms with Gasteiger partial charge in [-0.2, -0.15) is 0 Å². The summed E-state index contributed by atoms with van der Waals surface area (Å²) in [5.74, 6) is 5.14. The van der Waals surface area contributed by atoms with Crippen LogP contribution in [0.25, 0.3) is 89.1 Å². The highest BCUT2D eigenvalue weighted by Gasteiger charge is 2.62. The monoisotopic (exact) mass is 789 g/mol. The lowest BCUT2D eigenvalue weighted by atomic mass is 9.43. The molecule has 0 saturated heterocycles. The van der Waals surface area contributed by atoms with Crippen LogP contribution in [-0.2, 0) is 10.8 Å². The number of benzene rings is 7. The summed E-state index contributed by atoms with van der Waals surface area (Å²) in [5, 5.41) is 5.04. The second-order valence-corrected chi connectivity index (χ2v) is 19.7. The minimum atomic E-state index is -0.00104. The first-order chi connectivity index (χ1) is 29.8. The average Bonchev–Trinajstić information content (AvgIpc) is 3.80. The molecular weight excluding hydrogens is 743 g/mol. The summed E-state index contributed by atoms with van der Waals surface area (Å²) < 4.78 is 6.77. The molecule has 0 radical (unpaired) electrons. The maximum Gasteiger partial charge on any atom is 0.164 e. The van der Waals surface area contributed by atoms with Crippen LogP contribution in [0, 0.1) is 23.7 Å². The summed E-state index contributed by atoms with van der Waals surface area (Å²) in [6.45, 7) is 6.70. The largest absolute Gasteiger partial charge is 0.456 e. The van der Waals surface area contributed by atoms with Gasteiger partial charge in [0.05, 0.1) is 0 Å². The normalized spacial score (nSPS) is 22.4. The zero-order chi connectivity index (χ0) is 40.6. The van der Waals surface area contributed by atoms with Gasteiger partial charge in [-0.25, -0.2) is 15.0 Å².